The minimum absolute atomic E-state index is 0.0598. The summed E-state index contributed by atoms with van der Waals surface area (Å²) in [7, 11) is 0. The van der Waals surface area contributed by atoms with Gasteiger partial charge in [-0.15, -0.1) is 0 Å². The van der Waals surface area contributed by atoms with Gasteiger partial charge in [0.25, 0.3) is 5.69 Å². The summed E-state index contributed by atoms with van der Waals surface area (Å²) in [6.45, 7) is 1.46. The predicted octanol–water partition coefficient (Wildman–Crippen LogP) is 1.25. The molecule has 1 aromatic heterocycles. The van der Waals surface area contributed by atoms with Crippen molar-refractivity contribution in [2.45, 2.75) is 12.6 Å². The van der Waals surface area contributed by atoms with E-state index >= 15 is 0 Å². The molecule has 18 heavy (non-hydrogen) atoms. The fourth-order valence-electron chi connectivity index (χ4n) is 1.63. The average molecular weight is 246 g/mol. The van der Waals surface area contributed by atoms with Crippen LogP contribution < -0.4 is 0 Å². The zero-order chi connectivity index (χ0) is 12.5. The van der Waals surface area contributed by atoms with E-state index in [0.717, 1.165) is 12.2 Å². The van der Waals surface area contributed by atoms with Gasteiger partial charge >= 0.3 is 0 Å². The molecule has 0 bridgehead atoms. The van der Waals surface area contributed by atoms with E-state index in [4.69, 9.17) is 4.74 Å². The van der Waals surface area contributed by atoms with Crippen molar-refractivity contribution >= 4 is 5.69 Å². The molecule has 1 aromatic carbocycles. The van der Waals surface area contributed by atoms with E-state index < -0.39 is 4.92 Å². The maximum atomic E-state index is 10.5. The molecule has 0 N–H and O–H groups in total. The van der Waals surface area contributed by atoms with E-state index in [-0.39, 0.29) is 11.8 Å². The van der Waals surface area contributed by atoms with Crippen LogP contribution in [0.15, 0.2) is 30.6 Å². The molecule has 0 amide bonds. The van der Waals surface area contributed by atoms with Gasteiger partial charge in [0.1, 0.15) is 12.4 Å². The van der Waals surface area contributed by atoms with Gasteiger partial charge in [0.05, 0.1) is 18.1 Å². The van der Waals surface area contributed by atoms with Crippen LogP contribution in [-0.4, -0.2) is 32.4 Å². The number of nitro benzene ring substituents is 1. The smallest absolute Gasteiger partial charge is 0.269 e. The van der Waals surface area contributed by atoms with Gasteiger partial charge in [0, 0.05) is 17.7 Å². The first-order chi connectivity index (χ1) is 8.72. The second-order valence-electron chi connectivity index (χ2n) is 4.05. The molecule has 2 heterocycles. The van der Waals surface area contributed by atoms with Gasteiger partial charge in [-0.2, -0.15) is 5.10 Å². The zero-order valence-corrected chi connectivity index (χ0v) is 9.39. The molecule has 0 aliphatic carbocycles. The summed E-state index contributed by atoms with van der Waals surface area (Å²) < 4.78 is 6.82. The Labute approximate surface area is 102 Å². The Morgan fingerprint density at radius 1 is 1.44 bits per heavy atom. The van der Waals surface area contributed by atoms with Crippen molar-refractivity contribution in [3.63, 3.8) is 0 Å². The lowest BCUT2D eigenvalue weighted by Crippen LogP contribution is -2.04. The Bertz CT molecular complexity index is 574. The summed E-state index contributed by atoms with van der Waals surface area (Å²) in [5, 5.41) is 14.8. The number of aromatic nitrogens is 3. The second-order valence-corrected chi connectivity index (χ2v) is 4.05. The largest absolute Gasteiger partial charge is 0.371 e. The molecule has 7 heteroatoms. The first-order valence-corrected chi connectivity index (χ1v) is 5.48. The van der Waals surface area contributed by atoms with Gasteiger partial charge < -0.3 is 4.74 Å². The van der Waals surface area contributed by atoms with Crippen LogP contribution in [0.2, 0.25) is 0 Å². The molecular weight excluding hydrogens is 236 g/mol. The van der Waals surface area contributed by atoms with Crippen LogP contribution in [0.3, 0.4) is 0 Å². The number of nitrogens with zero attached hydrogens (tertiary/aromatic N) is 4. The lowest BCUT2D eigenvalue weighted by atomic mass is 10.2. The monoisotopic (exact) mass is 246 g/mol. The molecule has 3 rings (SSSR count). The minimum Gasteiger partial charge on any atom is -0.371 e. The van der Waals surface area contributed by atoms with Gasteiger partial charge in [-0.25, -0.2) is 9.67 Å². The highest BCUT2D eigenvalue weighted by atomic mass is 16.6. The third-order valence-electron chi connectivity index (χ3n) is 2.67. The molecule has 7 nitrogen and oxygen atoms in total. The molecule has 1 saturated heterocycles. The van der Waals surface area contributed by atoms with E-state index in [2.05, 4.69) is 10.1 Å². The number of rotatable bonds is 4. The predicted molar refractivity (Wildman–Crippen MR) is 61.9 cm³/mol. The molecule has 0 saturated carbocycles. The van der Waals surface area contributed by atoms with E-state index in [1.165, 1.54) is 12.1 Å². The quantitative estimate of drug-likeness (QED) is 0.460. The molecule has 0 spiro atoms. The van der Waals surface area contributed by atoms with Crippen molar-refractivity contribution in [1.29, 1.82) is 0 Å². The van der Waals surface area contributed by atoms with Crippen molar-refractivity contribution in [3.05, 3.63) is 40.7 Å². The fourth-order valence-corrected chi connectivity index (χ4v) is 1.63. The number of nitro groups is 1. The standard InChI is InChI=1S/C11H10N4O3/c16-15(17)9-3-1-8(2-4-9)11-12-7-14(13-11)5-10-6-18-10/h1-4,7,10H,5-6H2. The summed E-state index contributed by atoms with van der Waals surface area (Å²) >= 11 is 0. The van der Waals surface area contributed by atoms with Crippen LogP contribution in [0.4, 0.5) is 5.69 Å². The molecule has 0 radical (unpaired) electrons. The highest BCUT2D eigenvalue weighted by molar-refractivity contribution is 5.56. The molecule has 92 valence electrons. The third kappa shape index (κ3) is 2.21. The van der Waals surface area contributed by atoms with E-state index in [1.54, 1.807) is 23.1 Å². The molecule has 1 aliphatic heterocycles. The topological polar surface area (TPSA) is 86.4 Å². The first kappa shape index (κ1) is 10.8. The normalized spacial score (nSPS) is 17.7. The molecule has 1 fully saturated rings. The van der Waals surface area contributed by atoms with Crippen LogP contribution in [0.25, 0.3) is 11.4 Å². The third-order valence-corrected chi connectivity index (χ3v) is 2.67. The Balaban J connectivity index is 1.80. The van der Waals surface area contributed by atoms with Crippen molar-refractivity contribution < 1.29 is 9.66 Å². The van der Waals surface area contributed by atoms with Gasteiger partial charge in [0.2, 0.25) is 0 Å². The van der Waals surface area contributed by atoms with Crippen molar-refractivity contribution in [2.24, 2.45) is 0 Å². The molecule has 1 unspecified atom stereocenters. The summed E-state index contributed by atoms with van der Waals surface area (Å²) in [5.41, 5.74) is 0.820. The molecule has 1 aliphatic rings. The van der Waals surface area contributed by atoms with Gasteiger partial charge in [-0.05, 0) is 12.1 Å². The Morgan fingerprint density at radius 2 is 2.17 bits per heavy atom. The number of ether oxygens (including phenoxy) is 1. The van der Waals surface area contributed by atoms with Gasteiger partial charge in [-0.3, -0.25) is 10.1 Å². The summed E-state index contributed by atoms with van der Waals surface area (Å²) in [6, 6.07) is 6.18. The summed E-state index contributed by atoms with van der Waals surface area (Å²) in [5.74, 6) is 0.561. The van der Waals surface area contributed by atoms with E-state index in [9.17, 15) is 10.1 Å². The summed E-state index contributed by atoms with van der Waals surface area (Å²) in [4.78, 5) is 14.3. The Kier molecular flexibility index (Phi) is 2.52. The summed E-state index contributed by atoms with van der Waals surface area (Å²) in [6.07, 6.45) is 1.88. The first-order valence-electron chi connectivity index (χ1n) is 5.48. The number of non-ortho nitro benzene ring substituents is 1. The minimum atomic E-state index is -0.430. The molecule has 2 aromatic rings. The molecular formula is C11H10N4O3. The lowest BCUT2D eigenvalue weighted by Gasteiger charge is -1.96. The highest BCUT2D eigenvalue weighted by Gasteiger charge is 2.23. The van der Waals surface area contributed by atoms with Crippen LogP contribution in [-0.2, 0) is 11.3 Å². The SMILES string of the molecule is O=[N+]([O-])c1ccc(-c2ncn(CC3CO3)n2)cc1. The maximum Gasteiger partial charge on any atom is 0.269 e. The maximum absolute atomic E-state index is 10.5. The van der Waals surface area contributed by atoms with Crippen molar-refractivity contribution in [1.82, 2.24) is 14.8 Å². The lowest BCUT2D eigenvalue weighted by molar-refractivity contribution is -0.384. The zero-order valence-electron chi connectivity index (χ0n) is 9.39. The van der Waals surface area contributed by atoms with Crippen LogP contribution >= 0.6 is 0 Å². The fraction of sp³-hybridized carbons (Fsp3) is 0.273. The van der Waals surface area contributed by atoms with Gasteiger partial charge in [-0.1, -0.05) is 0 Å². The number of benzene rings is 1. The van der Waals surface area contributed by atoms with Crippen molar-refractivity contribution in [2.75, 3.05) is 6.61 Å². The van der Waals surface area contributed by atoms with Crippen LogP contribution in [0, 0.1) is 10.1 Å². The van der Waals surface area contributed by atoms with Crippen LogP contribution in [0.1, 0.15) is 0 Å². The van der Waals surface area contributed by atoms with Crippen LogP contribution in [0.5, 0.6) is 0 Å². The van der Waals surface area contributed by atoms with E-state index in [0.29, 0.717) is 12.4 Å². The average Bonchev–Trinajstić information content (AvgIpc) is 3.05. The number of hydrogen-bond donors (Lipinski definition) is 0. The van der Waals surface area contributed by atoms with Gasteiger partial charge in [0.15, 0.2) is 5.82 Å². The second kappa shape index (κ2) is 4.19. The Morgan fingerprint density at radius 3 is 2.78 bits per heavy atom. The number of hydrogen-bond acceptors (Lipinski definition) is 5. The Hall–Kier alpha value is -2.28. The number of epoxide rings is 1. The van der Waals surface area contributed by atoms with Crippen molar-refractivity contribution in [3.8, 4) is 11.4 Å². The molecule has 1 atom stereocenters. The highest BCUT2D eigenvalue weighted by Crippen LogP contribution is 2.19. The van der Waals surface area contributed by atoms with E-state index in [1.807, 2.05) is 0 Å².